The van der Waals surface area contributed by atoms with Crippen molar-refractivity contribution in [2.75, 3.05) is 20.2 Å². The predicted molar refractivity (Wildman–Crippen MR) is 106 cm³/mol. The van der Waals surface area contributed by atoms with E-state index in [4.69, 9.17) is 9.47 Å². The molecule has 1 N–H and O–H groups in total. The van der Waals surface area contributed by atoms with Gasteiger partial charge in [-0.2, -0.15) is 0 Å². The van der Waals surface area contributed by atoms with E-state index in [1.165, 1.54) is 31.5 Å². The third kappa shape index (κ3) is 5.47. The van der Waals surface area contributed by atoms with E-state index in [0.717, 1.165) is 12.1 Å². The van der Waals surface area contributed by atoms with Crippen LogP contribution in [0, 0.1) is 0 Å². The minimum Gasteiger partial charge on any atom is -0.493 e. The maximum Gasteiger partial charge on any atom is 0.261 e. The molecule has 0 aliphatic carbocycles. The molecule has 1 aliphatic heterocycles. The van der Waals surface area contributed by atoms with Gasteiger partial charge >= 0.3 is 0 Å². The van der Waals surface area contributed by atoms with E-state index < -0.39 is 6.10 Å². The van der Waals surface area contributed by atoms with Crippen LogP contribution in [0.25, 0.3) is 0 Å². The smallest absolute Gasteiger partial charge is 0.261 e. The number of hydrogen-bond donors (Lipinski definition) is 1. The SMILES string of the molecule is COc1ccccc1O[C@H](C)C(=O)NCc1ccc(CN2CCCC2)cc1. The number of carbonyl (C=O) groups is 1. The van der Waals surface area contributed by atoms with E-state index >= 15 is 0 Å². The highest BCUT2D eigenvalue weighted by Crippen LogP contribution is 2.26. The molecule has 3 rings (SSSR count). The summed E-state index contributed by atoms with van der Waals surface area (Å²) in [5, 5.41) is 2.93. The molecule has 27 heavy (non-hydrogen) atoms. The van der Waals surface area contributed by atoms with Crippen LogP contribution in [-0.4, -0.2) is 37.1 Å². The lowest BCUT2D eigenvalue weighted by molar-refractivity contribution is -0.127. The maximum atomic E-state index is 12.3. The van der Waals surface area contributed by atoms with Gasteiger partial charge in [0.2, 0.25) is 0 Å². The Hall–Kier alpha value is -2.53. The zero-order chi connectivity index (χ0) is 19.1. The number of likely N-dealkylation sites (tertiary alicyclic amines) is 1. The topological polar surface area (TPSA) is 50.8 Å². The second kappa shape index (κ2) is 9.42. The zero-order valence-corrected chi connectivity index (χ0v) is 16.1. The molecule has 1 saturated heterocycles. The maximum absolute atomic E-state index is 12.3. The number of amides is 1. The van der Waals surface area contributed by atoms with Gasteiger partial charge in [0.05, 0.1) is 7.11 Å². The molecule has 0 saturated carbocycles. The molecule has 1 fully saturated rings. The Morgan fingerprint density at radius 3 is 2.33 bits per heavy atom. The molecular formula is C22H28N2O3. The average molecular weight is 368 g/mol. The van der Waals surface area contributed by atoms with Gasteiger partial charge in [-0.1, -0.05) is 36.4 Å². The molecular weight excluding hydrogens is 340 g/mol. The van der Waals surface area contributed by atoms with Crippen LogP contribution in [0.2, 0.25) is 0 Å². The minimum atomic E-state index is -0.601. The molecule has 0 spiro atoms. The van der Waals surface area contributed by atoms with E-state index in [1.54, 1.807) is 20.1 Å². The number of ether oxygens (including phenoxy) is 2. The highest BCUT2D eigenvalue weighted by atomic mass is 16.5. The Balaban J connectivity index is 1.47. The molecule has 1 aliphatic rings. The Labute approximate surface area is 161 Å². The fraction of sp³-hybridized carbons (Fsp3) is 0.409. The summed E-state index contributed by atoms with van der Waals surface area (Å²) in [4.78, 5) is 14.8. The van der Waals surface area contributed by atoms with E-state index in [-0.39, 0.29) is 5.91 Å². The highest BCUT2D eigenvalue weighted by molar-refractivity contribution is 5.80. The number of carbonyl (C=O) groups excluding carboxylic acids is 1. The molecule has 144 valence electrons. The first kappa shape index (κ1) is 19.2. The van der Waals surface area contributed by atoms with Crippen molar-refractivity contribution in [3.05, 3.63) is 59.7 Å². The summed E-state index contributed by atoms with van der Waals surface area (Å²) in [6.45, 7) is 5.63. The van der Waals surface area contributed by atoms with Gasteiger partial charge in [0, 0.05) is 13.1 Å². The van der Waals surface area contributed by atoms with Gasteiger partial charge in [-0.05, 0) is 56.1 Å². The second-order valence-corrected chi connectivity index (χ2v) is 6.93. The third-order valence-corrected chi connectivity index (χ3v) is 4.84. The van der Waals surface area contributed by atoms with Gasteiger partial charge in [-0.15, -0.1) is 0 Å². The van der Waals surface area contributed by atoms with Crippen molar-refractivity contribution in [1.29, 1.82) is 0 Å². The standard InChI is InChI=1S/C22H28N2O3/c1-17(27-21-8-4-3-7-20(21)26-2)22(25)23-15-18-9-11-19(12-10-18)16-24-13-5-6-14-24/h3-4,7-12,17H,5-6,13-16H2,1-2H3,(H,23,25)/t17-/m1/s1. The van der Waals surface area contributed by atoms with Crippen LogP contribution in [0.5, 0.6) is 11.5 Å². The van der Waals surface area contributed by atoms with Crippen molar-refractivity contribution < 1.29 is 14.3 Å². The Morgan fingerprint density at radius 1 is 1.04 bits per heavy atom. The van der Waals surface area contributed by atoms with E-state index in [0.29, 0.717) is 18.0 Å². The molecule has 5 nitrogen and oxygen atoms in total. The fourth-order valence-corrected chi connectivity index (χ4v) is 3.25. The monoisotopic (exact) mass is 368 g/mol. The van der Waals surface area contributed by atoms with Crippen molar-refractivity contribution in [1.82, 2.24) is 10.2 Å². The summed E-state index contributed by atoms with van der Waals surface area (Å²) in [7, 11) is 1.58. The predicted octanol–water partition coefficient (Wildman–Crippen LogP) is 3.37. The lowest BCUT2D eigenvalue weighted by Crippen LogP contribution is -2.36. The van der Waals surface area contributed by atoms with Crippen molar-refractivity contribution in [3.63, 3.8) is 0 Å². The number of hydrogen-bond acceptors (Lipinski definition) is 4. The molecule has 2 aromatic carbocycles. The number of para-hydroxylation sites is 2. The van der Waals surface area contributed by atoms with Gasteiger partial charge < -0.3 is 14.8 Å². The molecule has 0 aromatic heterocycles. The van der Waals surface area contributed by atoms with Crippen LogP contribution < -0.4 is 14.8 Å². The lowest BCUT2D eigenvalue weighted by atomic mass is 10.1. The van der Waals surface area contributed by atoms with Crippen molar-refractivity contribution in [3.8, 4) is 11.5 Å². The Bertz CT molecular complexity index is 739. The van der Waals surface area contributed by atoms with Gasteiger partial charge in [-0.25, -0.2) is 0 Å². The Morgan fingerprint density at radius 2 is 1.67 bits per heavy atom. The van der Waals surface area contributed by atoms with Crippen LogP contribution in [-0.2, 0) is 17.9 Å². The lowest BCUT2D eigenvalue weighted by Gasteiger charge is -2.17. The van der Waals surface area contributed by atoms with E-state index in [2.05, 4.69) is 34.5 Å². The normalized spacial score (nSPS) is 15.3. The first-order chi connectivity index (χ1) is 13.2. The number of methoxy groups -OCH3 is 1. The second-order valence-electron chi connectivity index (χ2n) is 6.93. The van der Waals surface area contributed by atoms with Crippen LogP contribution in [0.1, 0.15) is 30.9 Å². The first-order valence-electron chi connectivity index (χ1n) is 9.53. The van der Waals surface area contributed by atoms with Gasteiger partial charge in [0.15, 0.2) is 17.6 Å². The summed E-state index contributed by atoms with van der Waals surface area (Å²) in [6, 6.07) is 15.8. The molecule has 0 unspecified atom stereocenters. The molecule has 0 radical (unpaired) electrons. The summed E-state index contributed by atoms with van der Waals surface area (Å²) in [5.41, 5.74) is 2.40. The summed E-state index contributed by atoms with van der Waals surface area (Å²) in [6.07, 6.45) is 2.01. The van der Waals surface area contributed by atoms with Crippen LogP contribution in [0.3, 0.4) is 0 Å². The van der Waals surface area contributed by atoms with E-state index in [9.17, 15) is 4.79 Å². The van der Waals surface area contributed by atoms with Gasteiger partial charge in [0.1, 0.15) is 0 Å². The molecule has 1 heterocycles. The molecule has 5 heteroatoms. The number of nitrogens with zero attached hydrogens (tertiary/aromatic N) is 1. The molecule has 0 bridgehead atoms. The number of rotatable bonds is 8. The summed E-state index contributed by atoms with van der Waals surface area (Å²) < 4.78 is 11.0. The number of nitrogens with one attached hydrogen (secondary N) is 1. The minimum absolute atomic E-state index is 0.151. The van der Waals surface area contributed by atoms with Crippen LogP contribution in [0.4, 0.5) is 0 Å². The molecule has 1 amide bonds. The fourth-order valence-electron chi connectivity index (χ4n) is 3.25. The number of benzene rings is 2. The summed E-state index contributed by atoms with van der Waals surface area (Å²) in [5.74, 6) is 1.03. The third-order valence-electron chi connectivity index (χ3n) is 4.84. The quantitative estimate of drug-likeness (QED) is 0.776. The van der Waals surface area contributed by atoms with Crippen molar-refractivity contribution >= 4 is 5.91 Å². The summed E-state index contributed by atoms with van der Waals surface area (Å²) >= 11 is 0. The molecule has 2 aromatic rings. The van der Waals surface area contributed by atoms with Gasteiger partial charge in [-0.3, -0.25) is 9.69 Å². The zero-order valence-electron chi connectivity index (χ0n) is 16.1. The largest absolute Gasteiger partial charge is 0.493 e. The van der Waals surface area contributed by atoms with Crippen LogP contribution in [0.15, 0.2) is 48.5 Å². The van der Waals surface area contributed by atoms with Crippen LogP contribution >= 0.6 is 0 Å². The van der Waals surface area contributed by atoms with Crippen molar-refractivity contribution in [2.45, 2.75) is 39.0 Å². The first-order valence-corrected chi connectivity index (χ1v) is 9.53. The molecule has 1 atom stereocenters. The Kier molecular flexibility index (Phi) is 6.71. The van der Waals surface area contributed by atoms with E-state index in [1.807, 2.05) is 18.2 Å². The van der Waals surface area contributed by atoms with Gasteiger partial charge in [0.25, 0.3) is 5.91 Å². The van der Waals surface area contributed by atoms with Crippen molar-refractivity contribution in [2.24, 2.45) is 0 Å². The average Bonchev–Trinajstić information content (AvgIpc) is 3.20. The highest BCUT2D eigenvalue weighted by Gasteiger charge is 2.16.